The molecule has 0 aliphatic heterocycles. The molecule has 4 nitrogen and oxygen atoms in total. The van der Waals surface area contributed by atoms with Crippen LogP contribution in [0.15, 0.2) is 0 Å². The summed E-state index contributed by atoms with van der Waals surface area (Å²) in [5.74, 6) is -0.368. The Labute approximate surface area is 91.3 Å². The van der Waals surface area contributed by atoms with Gasteiger partial charge in [-0.1, -0.05) is 33.1 Å². The third-order valence-electron chi connectivity index (χ3n) is 2.45. The van der Waals surface area contributed by atoms with Crippen LogP contribution in [-0.2, 0) is 9.53 Å². The van der Waals surface area contributed by atoms with Crippen LogP contribution >= 0.6 is 0 Å². The molecular formula is C11H22O4. The molecular weight excluding hydrogens is 196 g/mol. The summed E-state index contributed by atoms with van der Waals surface area (Å²) in [4.78, 5) is 11.0. The number of carbonyl (C=O) groups excluding carboxylic acids is 1. The average molecular weight is 218 g/mol. The fourth-order valence-corrected chi connectivity index (χ4v) is 1.27. The number of hydrogen-bond acceptors (Lipinski definition) is 4. The molecule has 0 bridgehead atoms. The second kappa shape index (κ2) is 8.68. The third kappa shape index (κ3) is 6.47. The molecule has 2 atom stereocenters. The van der Waals surface area contributed by atoms with Crippen molar-refractivity contribution in [1.29, 1.82) is 0 Å². The van der Waals surface area contributed by atoms with E-state index in [-0.39, 0.29) is 0 Å². The number of aliphatic hydroxyl groups is 2. The highest BCUT2D eigenvalue weighted by Crippen LogP contribution is 2.13. The zero-order valence-electron chi connectivity index (χ0n) is 9.61. The van der Waals surface area contributed by atoms with Crippen LogP contribution in [0.5, 0.6) is 0 Å². The van der Waals surface area contributed by atoms with Gasteiger partial charge in [-0.3, -0.25) is 0 Å². The quantitative estimate of drug-likeness (QED) is 0.599. The summed E-state index contributed by atoms with van der Waals surface area (Å²) in [6.07, 6.45) is 2.86. The minimum atomic E-state index is -1.39. The first-order chi connectivity index (χ1) is 7.15. The zero-order valence-corrected chi connectivity index (χ0v) is 9.61. The van der Waals surface area contributed by atoms with E-state index in [4.69, 9.17) is 14.9 Å². The highest BCUT2D eigenvalue weighted by atomic mass is 16.5. The van der Waals surface area contributed by atoms with E-state index in [1.165, 1.54) is 0 Å². The van der Waals surface area contributed by atoms with Crippen molar-refractivity contribution < 1.29 is 19.7 Å². The molecule has 0 aromatic rings. The molecule has 4 heteroatoms. The summed E-state index contributed by atoms with van der Waals surface area (Å²) in [7, 11) is 0. The van der Waals surface area contributed by atoms with Gasteiger partial charge in [-0.25, -0.2) is 4.79 Å². The summed E-state index contributed by atoms with van der Waals surface area (Å²) in [5, 5.41) is 17.5. The molecule has 0 aromatic carbocycles. The molecule has 0 radical (unpaired) electrons. The van der Waals surface area contributed by atoms with Crippen molar-refractivity contribution >= 4 is 5.97 Å². The summed E-state index contributed by atoms with van der Waals surface area (Å²) < 4.78 is 4.90. The summed E-state index contributed by atoms with van der Waals surface area (Å²) in [6.45, 7) is 3.93. The lowest BCUT2D eigenvalue weighted by atomic mass is 10.0. The van der Waals surface area contributed by atoms with Crippen LogP contribution in [0, 0.1) is 5.92 Å². The lowest BCUT2D eigenvalue weighted by molar-refractivity contribution is -0.157. The van der Waals surface area contributed by atoms with Gasteiger partial charge in [0.2, 0.25) is 0 Å². The van der Waals surface area contributed by atoms with Gasteiger partial charge in [0.15, 0.2) is 6.10 Å². The average Bonchev–Trinajstić information content (AvgIpc) is 2.27. The summed E-state index contributed by atoms with van der Waals surface area (Å²) in [5.41, 5.74) is 0. The predicted molar refractivity (Wildman–Crippen MR) is 57.4 cm³/mol. The molecule has 0 aliphatic carbocycles. The zero-order chi connectivity index (χ0) is 11.7. The van der Waals surface area contributed by atoms with Crippen molar-refractivity contribution in [3.8, 4) is 0 Å². The van der Waals surface area contributed by atoms with E-state index in [9.17, 15) is 4.79 Å². The number of esters is 1. The van der Waals surface area contributed by atoms with Crippen LogP contribution < -0.4 is 0 Å². The normalized spacial score (nSPS) is 14.7. The molecule has 0 fully saturated rings. The third-order valence-corrected chi connectivity index (χ3v) is 2.45. The smallest absolute Gasteiger partial charge is 0.337 e. The Balaban J connectivity index is 3.74. The van der Waals surface area contributed by atoms with Gasteiger partial charge in [0, 0.05) is 0 Å². The van der Waals surface area contributed by atoms with Gasteiger partial charge in [-0.15, -0.1) is 0 Å². The van der Waals surface area contributed by atoms with Gasteiger partial charge in [0.05, 0.1) is 13.2 Å². The maximum absolute atomic E-state index is 11.0. The first-order valence-corrected chi connectivity index (χ1v) is 5.61. The van der Waals surface area contributed by atoms with Crippen LogP contribution in [-0.4, -0.2) is 35.5 Å². The SMILES string of the molecule is CCCCC(CC)COC(=O)C(O)CO. The van der Waals surface area contributed by atoms with Gasteiger partial charge in [-0.05, 0) is 12.3 Å². The predicted octanol–water partition coefficient (Wildman–Crippen LogP) is 1.10. The largest absolute Gasteiger partial charge is 0.463 e. The van der Waals surface area contributed by atoms with Crippen molar-refractivity contribution in [2.45, 2.75) is 45.6 Å². The molecule has 0 heterocycles. The summed E-state index contributed by atoms with van der Waals surface area (Å²) >= 11 is 0. The monoisotopic (exact) mass is 218 g/mol. The van der Waals surface area contributed by atoms with E-state index < -0.39 is 18.7 Å². The molecule has 0 spiro atoms. The Morgan fingerprint density at radius 3 is 2.53 bits per heavy atom. The Morgan fingerprint density at radius 2 is 2.07 bits per heavy atom. The highest BCUT2D eigenvalue weighted by molar-refractivity contribution is 5.74. The Hall–Kier alpha value is -0.610. The van der Waals surface area contributed by atoms with E-state index in [0.29, 0.717) is 12.5 Å². The molecule has 0 rings (SSSR count). The lowest BCUT2D eigenvalue weighted by Gasteiger charge is -2.15. The van der Waals surface area contributed by atoms with E-state index in [1.54, 1.807) is 0 Å². The maximum atomic E-state index is 11.0. The number of ether oxygens (including phenoxy) is 1. The molecule has 0 saturated heterocycles. The van der Waals surface area contributed by atoms with Crippen molar-refractivity contribution in [2.75, 3.05) is 13.2 Å². The number of carbonyl (C=O) groups is 1. The van der Waals surface area contributed by atoms with Crippen molar-refractivity contribution in [1.82, 2.24) is 0 Å². The number of unbranched alkanes of at least 4 members (excludes halogenated alkanes) is 1. The topological polar surface area (TPSA) is 66.8 Å². The van der Waals surface area contributed by atoms with Crippen molar-refractivity contribution in [3.05, 3.63) is 0 Å². The molecule has 90 valence electrons. The fraction of sp³-hybridized carbons (Fsp3) is 0.909. The van der Waals surface area contributed by atoms with Crippen LogP contribution in [0.4, 0.5) is 0 Å². The van der Waals surface area contributed by atoms with Gasteiger partial charge >= 0.3 is 5.97 Å². The van der Waals surface area contributed by atoms with Gasteiger partial charge in [0.1, 0.15) is 0 Å². The molecule has 2 unspecified atom stereocenters. The van der Waals surface area contributed by atoms with Crippen molar-refractivity contribution in [2.24, 2.45) is 5.92 Å². The lowest BCUT2D eigenvalue weighted by Crippen LogP contribution is -2.28. The van der Waals surface area contributed by atoms with Gasteiger partial charge in [0.25, 0.3) is 0 Å². The van der Waals surface area contributed by atoms with Crippen LogP contribution in [0.25, 0.3) is 0 Å². The molecule has 0 saturated carbocycles. The number of hydrogen-bond donors (Lipinski definition) is 2. The Morgan fingerprint density at radius 1 is 1.40 bits per heavy atom. The standard InChI is InChI=1S/C11H22O4/c1-3-5-6-9(4-2)8-15-11(14)10(13)7-12/h9-10,12-13H,3-8H2,1-2H3. The molecule has 2 N–H and O–H groups in total. The van der Waals surface area contributed by atoms with E-state index >= 15 is 0 Å². The van der Waals surface area contributed by atoms with Crippen LogP contribution in [0.3, 0.4) is 0 Å². The second-order valence-electron chi connectivity index (χ2n) is 3.74. The van der Waals surface area contributed by atoms with Crippen LogP contribution in [0.2, 0.25) is 0 Å². The molecule has 0 aromatic heterocycles. The fourth-order valence-electron chi connectivity index (χ4n) is 1.27. The van der Waals surface area contributed by atoms with E-state index in [2.05, 4.69) is 13.8 Å². The molecule has 15 heavy (non-hydrogen) atoms. The second-order valence-corrected chi connectivity index (χ2v) is 3.74. The minimum Gasteiger partial charge on any atom is -0.463 e. The summed E-state index contributed by atoms with van der Waals surface area (Å²) in [6, 6.07) is 0. The highest BCUT2D eigenvalue weighted by Gasteiger charge is 2.16. The maximum Gasteiger partial charge on any atom is 0.337 e. The Bertz CT molecular complexity index is 170. The number of aliphatic hydroxyl groups excluding tert-OH is 2. The van der Waals surface area contributed by atoms with Gasteiger partial charge in [-0.2, -0.15) is 0 Å². The first kappa shape index (κ1) is 14.4. The first-order valence-electron chi connectivity index (χ1n) is 5.61. The molecule has 0 amide bonds. The van der Waals surface area contributed by atoms with E-state index in [1.807, 2.05) is 0 Å². The van der Waals surface area contributed by atoms with E-state index in [0.717, 1.165) is 25.7 Å². The van der Waals surface area contributed by atoms with Crippen LogP contribution in [0.1, 0.15) is 39.5 Å². The van der Waals surface area contributed by atoms with Crippen molar-refractivity contribution in [3.63, 3.8) is 0 Å². The number of rotatable bonds is 8. The minimum absolute atomic E-state index is 0.340. The van der Waals surface area contributed by atoms with Gasteiger partial charge < -0.3 is 14.9 Å². The molecule has 0 aliphatic rings. The Kier molecular flexibility index (Phi) is 8.33.